The van der Waals surface area contributed by atoms with Crippen molar-refractivity contribution in [2.75, 3.05) is 0 Å². The molecule has 0 fully saturated rings. The zero-order chi connectivity index (χ0) is 10.9. The van der Waals surface area contributed by atoms with Gasteiger partial charge in [-0.05, 0) is 17.0 Å². The van der Waals surface area contributed by atoms with Crippen LogP contribution in [0.15, 0.2) is 18.2 Å². The average Bonchev–Trinajstić information content (AvgIpc) is 2.02. The number of nitrogens with zero attached hydrogens (tertiary/aromatic N) is 1. The smallest absolute Gasteiger partial charge is 0.258 e. The Balaban J connectivity index is 3.27. The van der Waals surface area contributed by atoms with Crippen molar-refractivity contribution in [3.05, 3.63) is 39.7 Å². The van der Waals surface area contributed by atoms with E-state index in [4.69, 9.17) is 0 Å². The van der Waals surface area contributed by atoms with Crippen LogP contribution in [0, 0.1) is 15.9 Å². The van der Waals surface area contributed by atoms with Gasteiger partial charge in [0.25, 0.3) is 0 Å². The van der Waals surface area contributed by atoms with E-state index in [1.807, 2.05) is 20.8 Å². The first kappa shape index (κ1) is 10.6. The Morgan fingerprint density at radius 2 is 1.93 bits per heavy atom. The van der Waals surface area contributed by atoms with E-state index in [-0.39, 0.29) is 5.41 Å². The summed E-state index contributed by atoms with van der Waals surface area (Å²) in [5.41, 5.74) is 0.0846. The molecule has 0 aliphatic rings. The molecule has 14 heavy (non-hydrogen) atoms. The number of hydrogen-bond acceptors (Lipinski definition) is 2. The van der Waals surface area contributed by atoms with Crippen molar-refractivity contribution in [1.82, 2.24) is 0 Å². The molecule has 1 rings (SSSR count). The summed E-state index contributed by atoms with van der Waals surface area (Å²) in [5.74, 6) is -0.789. The molecule has 4 heteroatoms. The summed E-state index contributed by atoms with van der Waals surface area (Å²) in [6.07, 6.45) is 0. The van der Waals surface area contributed by atoms with Gasteiger partial charge in [0, 0.05) is 6.07 Å². The normalized spacial score (nSPS) is 11.4. The van der Waals surface area contributed by atoms with Crippen molar-refractivity contribution < 1.29 is 9.31 Å². The molecule has 0 heterocycles. The van der Waals surface area contributed by atoms with Gasteiger partial charge in [0.1, 0.15) is 0 Å². The fourth-order valence-electron chi connectivity index (χ4n) is 1.12. The number of nitro benzene ring substituents is 1. The largest absolute Gasteiger partial charge is 0.305 e. The van der Waals surface area contributed by atoms with Gasteiger partial charge in [-0.3, -0.25) is 10.1 Å². The zero-order valence-electron chi connectivity index (χ0n) is 8.37. The maximum absolute atomic E-state index is 13.0. The molecular formula is C10H12FNO2. The van der Waals surface area contributed by atoms with Crippen molar-refractivity contribution >= 4 is 5.69 Å². The number of hydrogen-bond donors (Lipinski definition) is 0. The first-order valence-corrected chi connectivity index (χ1v) is 4.27. The van der Waals surface area contributed by atoms with E-state index >= 15 is 0 Å². The number of halogens is 1. The molecule has 0 saturated carbocycles. The standard InChI is InChI=1S/C10H12FNO2/c1-10(2,3)7-4-5-8(11)9(6-7)12(13)14/h4-6H,1-3H3. The molecule has 1 aromatic carbocycles. The van der Waals surface area contributed by atoms with Gasteiger partial charge < -0.3 is 0 Å². The molecular weight excluding hydrogens is 185 g/mol. The topological polar surface area (TPSA) is 43.1 Å². The van der Waals surface area contributed by atoms with Crippen molar-refractivity contribution in [3.8, 4) is 0 Å². The van der Waals surface area contributed by atoms with E-state index < -0.39 is 16.4 Å². The highest BCUT2D eigenvalue weighted by Gasteiger charge is 2.20. The van der Waals surface area contributed by atoms with Crippen LogP contribution in [0.25, 0.3) is 0 Å². The van der Waals surface area contributed by atoms with Crippen LogP contribution in [-0.2, 0) is 5.41 Å². The van der Waals surface area contributed by atoms with Crippen LogP contribution in [0.5, 0.6) is 0 Å². The maximum Gasteiger partial charge on any atom is 0.305 e. The molecule has 0 radical (unpaired) electrons. The monoisotopic (exact) mass is 197 g/mol. The fraction of sp³-hybridized carbons (Fsp3) is 0.400. The van der Waals surface area contributed by atoms with Crippen LogP contribution in [-0.4, -0.2) is 4.92 Å². The predicted octanol–water partition coefficient (Wildman–Crippen LogP) is 3.03. The average molecular weight is 197 g/mol. The van der Waals surface area contributed by atoms with Crippen LogP contribution in [0.4, 0.5) is 10.1 Å². The van der Waals surface area contributed by atoms with E-state index in [9.17, 15) is 14.5 Å². The molecule has 0 atom stereocenters. The second-order valence-corrected chi connectivity index (χ2v) is 4.17. The Labute approximate surface area is 81.7 Å². The first-order valence-electron chi connectivity index (χ1n) is 4.27. The molecule has 0 bridgehead atoms. The molecule has 0 spiro atoms. The molecule has 0 saturated heterocycles. The minimum Gasteiger partial charge on any atom is -0.258 e. The lowest BCUT2D eigenvalue weighted by molar-refractivity contribution is -0.387. The van der Waals surface area contributed by atoms with E-state index in [1.54, 1.807) is 6.07 Å². The minimum atomic E-state index is -0.789. The highest BCUT2D eigenvalue weighted by Crippen LogP contribution is 2.27. The Bertz CT molecular complexity index is 369. The van der Waals surface area contributed by atoms with Crippen molar-refractivity contribution in [1.29, 1.82) is 0 Å². The SMILES string of the molecule is CC(C)(C)c1ccc(F)c([N+](=O)[O-])c1. The van der Waals surface area contributed by atoms with Gasteiger partial charge in [-0.1, -0.05) is 26.8 Å². The fourth-order valence-corrected chi connectivity index (χ4v) is 1.12. The molecule has 1 aromatic rings. The lowest BCUT2D eigenvalue weighted by Gasteiger charge is -2.18. The van der Waals surface area contributed by atoms with E-state index in [0.29, 0.717) is 0 Å². The van der Waals surface area contributed by atoms with Crippen LogP contribution in [0.1, 0.15) is 26.3 Å². The first-order chi connectivity index (χ1) is 6.32. The third-order valence-electron chi connectivity index (χ3n) is 2.01. The van der Waals surface area contributed by atoms with Crippen molar-refractivity contribution in [2.24, 2.45) is 0 Å². The zero-order valence-corrected chi connectivity index (χ0v) is 8.37. The molecule has 0 aliphatic heterocycles. The summed E-state index contributed by atoms with van der Waals surface area (Å²) >= 11 is 0. The second kappa shape index (κ2) is 3.36. The Kier molecular flexibility index (Phi) is 2.55. The van der Waals surface area contributed by atoms with Crippen molar-refractivity contribution in [3.63, 3.8) is 0 Å². The summed E-state index contributed by atoms with van der Waals surface area (Å²) in [6.45, 7) is 5.76. The number of rotatable bonds is 1. The highest BCUT2D eigenvalue weighted by molar-refractivity contribution is 5.38. The Morgan fingerprint density at radius 3 is 2.36 bits per heavy atom. The lowest BCUT2D eigenvalue weighted by atomic mass is 9.87. The third-order valence-corrected chi connectivity index (χ3v) is 2.01. The van der Waals surface area contributed by atoms with Gasteiger partial charge in [-0.2, -0.15) is 4.39 Å². The van der Waals surface area contributed by atoms with Gasteiger partial charge in [0.05, 0.1) is 4.92 Å². The Morgan fingerprint density at radius 1 is 1.36 bits per heavy atom. The summed E-state index contributed by atoms with van der Waals surface area (Å²) < 4.78 is 13.0. The Hall–Kier alpha value is -1.45. The van der Waals surface area contributed by atoms with Gasteiger partial charge in [0.2, 0.25) is 5.82 Å². The highest BCUT2D eigenvalue weighted by atomic mass is 19.1. The summed E-state index contributed by atoms with van der Waals surface area (Å²) in [7, 11) is 0. The molecule has 0 N–H and O–H groups in total. The van der Waals surface area contributed by atoms with Crippen LogP contribution in [0.2, 0.25) is 0 Å². The summed E-state index contributed by atoms with van der Waals surface area (Å²) in [6, 6.07) is 4.00. The summed E-state index contributed by atoms with van der Waals surface area (Å²) in [5, 5.41) is 10.5. The van der Waals surface area contributed by atoms with Gasteiger partial charge in [-0.25, -0.2) is 0 Å². The predicted molar refractivity (Wildman–Crippen MR) is 51.8 cm³/mol. The van der Waals surface area contributed by atoms with Crippen LogP contribution >= 0.6 is 0 Å². The van der Waals surface area contributed by atoms with Gasteiger partial charge >= 0.3 is 5.69 Å². The van der Waals surface area contributed by atoms with E-state index in [0.717, 1.165) is 11.6 Å². The van der Waals surface area contributed by atoms with Crippen LogP contribution in [0.3, 0.4) is 0 Å². The second-order valence-electron chi connectivity index (χ2n) is 4.17. The molecule has 0 aliphatic carbocycles. The number of benzene rings is 1. The van der Waals surface area contributed by atoms with Crippen LogP contribution < -0.4 is 0 Å². The molecule has 3 nitrogen and oxygen atoms in total. The molecule has 0 unspecified atom stereocenters. The maximum atomic E-state index is 13.0. The minimum absolute atomic E-state index is 0.210. The lowest BCUT2D eigenvalue weighted by Crippen LogP contribution is -2.11. The number of nitro groups is 1. The third kappa shape index (κ3) is 2.07. The molecule has 76 valence electrons. The molecule has 0 aromatic heterocycles. The van der Waals surface area contributed by atoms with E-state index in [1.165, 1.54) is 6.07 Å². The molecule has 0 amide bonds. The van der Waals surface area contributed by atoms with Crippen molar-refractivity contribution in [2.45, 2.75) is 26.2 Å². The quantitative estimate of drug-likeness (QED) is 0.513. The van der Waals surface area contributed by atoms with E-state index in [2.05, 4.69) is 0 Å². The van der Waals surface area contributed by atoms with Gasteiger partial charge in [-0.15, -0.1) is 0 Å². The summed E-state index contributed by atoms with van der Waals surface area (Å²) in [4.78, 5) is 9.76. The van der Waals surface area contributed by atoms with Gasteiger partial charge in [0.15, 0.2) is 0 Å².